The number of carbonyl (C=O) groups is 2. The van der Waals surface area contributed by atoms with E-state index in [-0.39, 0.29) is 11.8 Å². The van der Waals surface area contributed by atoms with E-state index in [2.05, 4.69) is 4.90 Å². The van der Waals surface area contributed by atoms with Gasteiger partial charge in [-0.25, -0.2) is 0 Å². The first-order valence-corrected chi connectivity index (χ1v) is 7.18. The van der Waals surface area contributed by atoms with E-state index in [1.54, 1.807) is 19.0 Å². The second-order valence-corrected chi connectivity index (χ2v) is 6.46. The SMILES string of the molecule is CN(C)C(=O)CN1CCCN(C(=O)CC(C)(C)N)CC1. The predicted octanol–water partition coefficient (Wildman–Crippen LogP) is -0.264. The van der Waals surface area contributed by atoms with Crippen LogP contribution in [0.4, 0.5) is 0 Å². The summed E-state index contributed by atoms with van der Waals surface area (Å²) in [4.78, 5) is 29.5. The Morgan fingerprint density at radius 3 is 2.35 bits per heavy atom. The van der Waals surface area contributed by atoms with Gasteiger partial charge in [-0.2, -0.15) is 0 Å². The fourth-order valence-electron chi connectivity index (χ4n) is 2.21. The smallest absolute Gasteiger partial charge is 0.236 e. The Bertz CT molecular complexity index is 350. The molecule has 1 saturated heterocycles. The van der Waals surface area contributed by atoms with Gasteiger partial charge in [-0.15, -0.1) is 0 Å². The molecular weight excluding hydrogens is 256 g/mol. The third-order valence-electron chi connectivity index (χ3n) is 3.41. The van der Waals surface area contributed by atoms with Crippen molar-refractivity contribution in [3.05, 3.63) is 0 Å². The summed E-state index contributed by atoms with van der Waals surface area (Å²) < 4.78 is 0. The van der Waals surface area contributed by atoms with Gasteiger partial charge in [0.15, 0.2) is 0 Å². The van der Waals surface area contributed by atoms with E-state index in [0.29, 0.717) is 19.5 Å². The molecular formula is C14H28N4O2. The minimum absolute atomic E-state index is 0.105. The minimum Gasteiger partial charge on any atom is -0.348 e. The van der Waals surface area contributed by atoms with E-state index < -0.39 is 5.54 Å². The molecule has 0 aromatic heterocycles. The van der Waals surface area contributed by atoms with Crippen LogP contribution < -0.4 is 5.73 Å². The van der Waals surface area contributed by atoms with E-state index in [1.807, 2.05) is 18.7 Å². The lowest BCUT2D eigenvalue weighted by atomic mass is 10.0. The quantitative estimate of drug-likeness (QED) is 0.772. The van der Waals surface area contributed by atoms with Crippen LogP contribution in [0.3, 0.4) is 0 Å². The molecule has 0 aromatic carbocycles. The second-order valence-electron chi connectivity index (χ2n) is 6.46. The number of nitrogens with two attached hydrogens (primary N) is 1. The fraction of sp³-hybridized carbons (Fsp3) is 0.857. The van der Waals surface area contributed by atoms with Crippen LogP contribution >= 0.6 is 0 Å². The third kappa shape index (κ3) is 5.88. The first-order valence-electron chi connectivity index (χ1n) is 7.18. The van der Waals surface area contributed by atoms with Gasteiger partial charge in [0.2, 0.25) is 11.8 Å². The largest absolute Gasteiger partial charge is 0.348 e. The Morgan fingerprint density at radius 1 is 1.15 bits per heavy atom. The van der Waals surface area contributed by atoms with Gasteiger partial charge in [-0.1, -0.05) is 0 Å². The summed E-state index contributed by atoms with van der Waals surface area (Å²) in [5, 5.41) is 0. The third-order valence-corrected chi connectivity index (χ3v) is 3.41. The van der Waals surface area contributed by atoms with Gasteiger partial charge in [-0.05, 0) is 20.3 Å². The van der Waals surface area contributed by atoms with Crippen LogP contribution in [0.25, 0.3) is 0 Å². The van der Waals surface area contributed by atoms with Gasteiger partial charge < -0.3 is 15.5 Å². The van der Waals surface area contributed by atoms with E-state index in [0.717, 1.165) is 26.1 Å². The number of likely N-dealkylation sites (N-methyl/N-ethyl adjacent to an activating group) is 1. The highest BCUT2D eigenvalue weighted by Crippen LogP contribution is 2.10. The summed E-state index contributed by atoms with van der Waals surface area (Å²) >= 11 is 0. The summed E-state index contributed by atoms with van der Waals surface area (Å²) in [5.74, 6) is 0.214. The molecule has 0 bridgehead atoms. The maximum absolute atomic E-state index is 12.2. The molecule has 1 heterocycles. The monoisotopic (exact) mass is 284 g/mol. The maximum Gasteiger partial charge on any atom is 0.236 e. The molecule has 0 atom stereocenters. The first kappa shape index (κ1) is 16.9. The molecule has 0 radical (unpaired) electrons. The zero-order chi connectivity index (χ0) is 15.3. The van der Waals surface area contributed by atoms with Gasteiger partial charge in [0.1, 0.15) is 0 Å². The lowest BCUT2D eigenvalue weighted by Gasteiger charge is -2.26. The number of hydrogen-bond acceptors (Lipinski definition) is 4. The molecule has 2 amide bonds. The van der Waals surface area contributed by atoms with E-state index >= 15 is 0 Å². The van der Waals surface area contributed by atoms with Crippen molar-refractivity contribution < 1.29 is 9.59 Å². The van der Waals surface area contributed by atoms with E-state index in [9.17, 15) is 9.59 Å². The van der Waals surface area contributed by atoms with Crippen molar-refractivity contribution in [2.45, 2.75) is 32.2 Å². The molecule has 116 valence electrons. The van der Waals surface area contributed by atoms with Gasteiger partial charge in [-0.3, -0.25) is 14.5 Å². The van der Waals surface area contributed by atoms with Crippen molar-refractivity contribution in [1.29, 1.82) is 0 Å². The van der Waals surface area contributed by atoms with Crippen molar-refractivity contribution in [3.8, 4) is 0 Å². The summed E-state index contributed by atoms with van der Waals surface area (Å²) in [6, 6.07) is 0. The summed E-state index contributed by atoms with van der Waals surface area (Å²) in [6.07, 6.45) is 1.26. The lowest BCUT2D eigenvalue weighted by molar-refractivity contribution is -0.132. The standard InChI is InChI=1S/C14H28N4O2/c1-14(2,15)10-12(19)18-7-5-6-17(8-9-18)11-13(20)16(3)4/h5-11,15H2,1-4H3. The van der Waals surface area contributed by atoms with Gasteiger partial charge in [0, 0.05) is 52.2 Å². The first-order chi connectivity index (χ1) is 9.19. The molecule has 6 heteroatoms. The van der Waals surface area contributed by atoms with E-state index in [1.165, 1.54) is 0 Å². The highest BCUT2D eigenvalue weighted by molar-refractivity contribution is 5.78. The number of nitrogens with zero attached hydrogens (tertiary/aromatic N) is 3. The Kier molecular flexibility index (Phi) is 5.95. The molecule has 1 rings (SSSR count). The molecule has 0 aromatic rings. The number of hydrogen-bond donors (Lipinski definition) is 1. The zero-order valence-corrected chi connectivity index (χ0v) is 13.2. The van der Waals surface area contributed by atoms with Crippen LogP contribution in [0.2, 0.25) is 0 Å². The number of rotatable bonds is 4. The van der Waals surface area contributed by atoms with Crippen molar-refractivity contribution in [2.75, 3.05) is 46.8 Å². The highest BCUT2D eigenvalue weighted by Gasteiger charge is 2.24. The van der Waals surface area contributed by atoms with Crippen LogP contribution in [0.1, 0.15) is 26.7 Å². The van der Waals surface area contributed by atoms with Gasteiger partial charge in [0.05, 0.1) is 6.54 Å². The molecule has 0 unspecified atom stereocenters. The van der Waals surface area contributed by atoms with Gasteiger partial charge >= 0.3 is 0 Å². The topological polar surface area (TPSA) is 69.9 Å². The van der Waals surface area contributed by atoms with Crippen LogP contribution in [-0.2, 0) is 9.59 Å². The molecule has 1 fully saturated rings. The average molecular weight is 284 g/mol. The Labute approximate surface area is 121 Å². The lowest BCUT2D eigenvalue weighted by Crippen LogP contribution is -2.43. The molecule has 20 heavy (non-hydrogen) atoms. The molecule has 2 N–H and O–H groups in total. The van der Waals surface area contributed by atoms with E-state index in [4.69, 9.17) is 5.73 Å². The molecule has 0 aliphatic carbocycles. The number of carbonyl (C=O) groups excluding carboxylic acids is 2. The van der Waals surface area contributed by atoms with Crippen molar-refractivity contribution >= 4 is 11.8 Å². The summed E-state index contributed by atoms with van der Waals surface area (Å²) in [6.45, 7) is 7.19. The summed E-state index contributed by atoms with van der Waals surface area (Å²) in [7, 11) is 3.53. The van der Waals surface area contributed by atoms with Crippen molar-refractivity contribution in [3.63, 3.8) is 0 Å². The van der Waals surface area contributed by atoms with Crippen molar-refractivity contribution in [2.24, 2.45) is 5.73 Å². The molecule has 1 aliphatic rings. The summed E-state index contributed by atoms with van der Waals surface area (Å²) in [5.41, 5.74) is 5.43. The van der Waals surface area contributed by atoms with Gasteiger partial charge in [0.25, 0.3) is 0 Å². The van der Waals surface area contributed by atoms with Crippen molar-refractivity contribution in [1.82, 2.24) is 14.7 Å². The fourth-order valence-corrected chi connectivity index (χ4v) is 2.21. The number of amides is 2. The molecule has 0 saturated carbocycles. The average Bonchev–Trinajstić information content (AvgIpc) is 2.52. The highest BCUT2D eigenvalue weighted by atomic mass is 16.2. The Hall–Kier alpha value is -1.14. The van der Waals surface area contributed by atoms with Crippen LogP contribution in [0.5, 0.6) is 0 Å². The predicted molar refractivity (Wildman–Crippen MR) is 79.2 cm³/mol. The Balaban J connectivity index is 2.47. The van der Waals surface area contributed by atoms with Crippen LogP contribution in [0, 0.1) is 0 Å². The van der Waals surface area contributed by atoms with Crippen LogP contribution in [0.15, 0.2) is 0 Å². The minimum atomic E-state index is -0.468. The maximum atomic E-state index is 12.2. The molecule has 6 nitrogen and oxygen atoms in total. The van der Waals surface area contributed by atoms with Crippen LogP contribution in [-0.4, -0.2) is 78.9 Å². The normalized spacial score (nSPS) is 17.8. The Morgan fingerprint density at radius 2 is 1.80 bits per heavy atom. The zero-order valence-electron chi connectivity index (χ0n) is 13.2. The molecule has 0 spiro atoms. The molecule has 1 aliphatic heterocycles. The second kappa shape index (κ2) is 7.04.